The van der Waals surface area contributed by atoms with Crippen molar-refractivity contribution >= 4 is 27.2 Å². The van der Waals surface area contributed by atoms with Crippen molar-refractivity contribution in [2.45, 2.75) is 25.1 Å². The average Bonchev–Trinajstić information content (AvgIpc) is 3.15. The number of nitrogens with two attached hydrogens (primary N) is 2. The Morgan fingerprint density at radius 1 is 1.15 bits per heavy atom. The normalized spacial score (nSPS) is 16.5. The van der Waals surface area contributed by atoms with Crippen LogP contribution in [0.4, 0.5) is 24.1 Å². The molecule has 0 aliphatic carbocycles. The number of imidazole rings is 1. The Kier molecular flexibility index (Phi) is 3.99. The van der Waals surface area contributed by atoms with Gasteiger partial charge in [-0.1, -0.05) is 11.3 Å². The van der Waals surface area contributed by atoms with Crippen molar-refractivity contribution in [2.24, 2.45) is 5.73 Å². The van der Waals surface area contributed by atoms with E-state index in [1.165, 1.54) is 23.7 Å². The lowest BCUT2D eigenvalue weighted by atomic mass is 10.1. The minimum atomic E-state index is -4.57. The van der Waals surface area contributed by atoms with Crippen molar-refractivity contribution in [1.29, 1.82) is 0 Å². The minimum absolute atomic E-state index is 0.201. The van der Waals surface area contributed by atoms with Crippen LogP contribution in [-0.2, 0) is 6.18 Å². The highest BCUT2D eigenvalue weighted by atomic mass is 32.1. The zero-order chi connectivity index (χ0) is 18.5. The summed E-state index contributed by atoms with van der Waals surface area (Å²) < 4.78 is 40.8. The third-order valence-electron chi connectivity index (χ3n) is 4.40. The summed E-state index contributed by atoms with van der Waals surface area (Å²) in [4.78, 5) is 10.7. The van der Waals surface area contributed by atoms with Crippen LogP contribution in [0.3, 0.4) is 0 Å². The first kappa shape index (κ1) is 17.0. The maximum absolute atomic E-state index is 13.1. The zero-order valence-corrected chi connectivity index (χ0v) is 14.4. The van der Waals surface area contributed by atoms with Crippen LogP contribution in [-0.4, -0.2) is 38.7 Å². The molecule has 0 aromatic carbocycles. The molecular formula is C15H16F3N7S. The molecule has 3 aromatic heterocycles. The molecule has 0 saturated carbocycles. The lowest BCUT2D eigenvalue weighted by Crippen LogP contribution is -2.39. The number of piperidine rings is 1. The van der Waals surface area contributed by atoms with E-state index in [-0.39, 0.29) is 11.6 Å². The van der Waals surface area contributed by atoms with Gasteiger partial charge in [0.15, 0.2) is 0 Å². The van der Waals surface area contributed by atoms with Crippen LogP contribution in [0.5, 0.6) is 0 Å². The highest BCUT2D eigenvalue weighted by Gasteiger charge is 2.34. The molecule has 0 atom stereocenters. The van der Waals surface area contributed by atoms with Gasteiger partial charge in [0.05, 0.1) is 17.5 Å². The van der Waals surface area contributed by atoms with Gasteiger partial charge in [-0.25, -0.2) is 14.5 Å². The quantitative estimate of drug-likeness (QED) is 0.705. The predicted molar refractivity (Wildman–Crippen MR) is 92.9 cm³/mol. The van der Waals surface area contributed by atoms with Crippen LogP contribution in [0.1, 0.15) is 18.4 Å². The second-order valence-corrected chi connectivity index (χ2v) is 7.14. The minimum Gasteiger partial charge on any atom is -0.383 e. The summed E-state index contributed by atoms with van der Waals surface area (Å²) in [6.07, 6.45) is -0.0249. The van der Waals surface area contributed by atoms with E-state index in [2.05, 4.69) is 20.0 Å². The van der Waals surface area contributed by atoms with Gasteiger partial charge >= 0.3 is 6.18 Å². The summed E-state index contributed by atoms with van der Waals surface area (Å²) >= 11 is 1.39. The molecule has 7 nitrogen and oxygen atoms in total. The van der Waals surface area contributed by atoms with Crippen molar-refractivity contribution in [2.75, 3.05) is 23.7 Å². The number of hydrogen-bond acceptors (Lipinski definition) is 7. The maximum atomic E-state index is 13.1. The Bertz CT molecular complexity index is 941. The van der Waals surface area contributed by atoms with E-state index in [0.29, 0.717) is 10.7 Å². The molecule has 11 heteroatoms. The third-order valence-corrected chi connectivity index (χ3v) is 5.39. The Morgan fingerprint density at radius 3 is 2.58 bits per heavy atom. The van der Waals surface area contributed by atoms with Gasteiger partial charge in [0.2, 0.25) is 10.1 Å². The number of aromatic nitrogens is 4. The number of halogens is 3. The molecule has 4 heterocycles. The van der Waals surface area contributed by atoms with E-state index in [4.69, 9.17) is 11.5 Å². The first-order valence-corrected chi connectivity index (χ1v) is 8.83. The number of anilines is 2. The molecule has 0 bridgehead atoms. The summed E-state index contributed by atoms with van der Waals surface area (Å²) in [7, 11) is 0. The Hall–Kier alpha value is -2.40. The average molecular weight is 383 g/mol. The lowest BCUT2D eigenvalue weighted by Gasteiger charge is -2.29. The number of hydrogen-bond donors (Lipinski definition) is 2. The van der Waals surface area contributed by atoms with E-state index < -0.39 is 17.6 Å². The van der Waals surface area contributed by atoms with Gasteiger partial charge in [0.25, 0.3) is 0 Å². The lowest BCUT2D eigenvalue weighted by molar-refractivity contribution is -0.137. The highest BCUT2D eigenvalue weighted by molar-refractivity contribution is 7.20. The largest absolute Gasteiger partial charge is 0.419 e. The van der Waals surface area contributed by atoms with Crippen molar-refractivity contribution in [3.05, 3.63) is 24.0 Å². The summed E-state index contributed by atoms with van der Waals surface area (Å²) in [6, 6.07) is 1.18. The zero-order valence-electron chi connectivity index (χ0n) is 13.6. The van der Waals surface area contributed by atoms with Crippen LogP contribution < -0.4 is 16.4 Å². The fraction of sp³-hybridized carbons (Fsp3) is 0.400. The Balaban J connectivity index is 1.72. The van der Waals surface area contributed by atoms with E-state index in [9.17, 15) is 13.2 Å². The van der Waals surface area contributed by atoms with Crippen molar-refractivity contribution in [3.63, 3.8) is 0 Å². The smallest absolute Gasteiger partial charge is 0.383 e. The van der Waals surface area contributed by atoms with Crippen molar-refractivity contribution in [1.82, 2.24) is 19.6 Å². The molecular weight excluding hydrogens is 367 g/mol. The van der Waals surface area contributed by atoms with Gasteiger partial charge in [-0.3, -0.25) is 0 Å². The Labute approximate surface area is 150 Å². The van der Waals surface area contributed by atoms with E-state index in [0.717, 1.165) is 37.1 Å². The number of nitrogen functional groups attached to an aromatic ring is 1. The summed E-state index contributed by atoms with van der Waals surface area (Å²) in [6.45, 7) is 1.60. The van der Waals surface area contributed by atoms with E-state index in [1.54, 1.807) is 4.52 Å². The number of alkyl halides is 3. The van der Waals surface area contributed by atoms with Crippen molar-refractivity contribution in [3.8, 4) is 11.3 Å². The molecule has 26 heavy (non-hydrogen) atoms. The van der Waals surface area contributed by atoms with Crippen LogP contribution >= 0.6 is 11.3 Å². The SMILES string of the molecule is Nc1ncc(-c2cnc3sc(N4CCC(N)CC4)nn23)cc1C(F)(F)F. The van der Waals surface area contributed by atoms with Crippen LogP contribution in [0.15, 0.2) is 18.5 Å². The van der Waals surface area contributed by atoms with E-state index >= 15 is 0 Å². The highest BCUT2D eigenvalue weighted by Crippen LogP contribution is 2.36. The van der Waals surface area contributed by atoms with Gasteiger partial charge in [-0.05, 0) is 18.9 Å². The van der Waals surface area contributed by atoms with Crippen molar-refractivity contribution < 1.29 is 13.2 Å². The number of nitrogens with zero attached hydrogens (tertiary/aromatic N) is 5. The van der Waals surface area contributed by atoms with Crippen LogP contribution in [0.2, 0.25) is 0 Å². The third kappa shape index (κ3) is 2.97. The second kappa shape index (κ2) is 6.09. The number of pyridine rings is 1. The fourth-order valence-corrected chi connectivity index (χ4v) is 3.87. The molecule has 1 fully saturated rings. The standard InChI is InChI=1S/C15H16F3N7S/c16-15(17,18)10-5-8(6-21-12(10)20)11-7-22-13-25(11)23-14(26-13)24-3-1-9(19)2-4-24/h5-7,9H,1-4,19H2,(H2,20,21). The van der Waals surface area contributed by atoms with Gasteiger partial charge in [0, 0.05) is 30.9 Å². The summed E-state index contributed by atoms with van der Waals surface area (Å²) in [5, 5.41) is 5.31. The monoisotopic (exact) mass is 383 g/mol. The second-order valence-electron chi connectivity index (χ2n) is 6.20. The van der Waals surface area contributed by atoms with Gasteiger partial charge in [-0.15, -0.1) is 5.10 Å². The van der Waals surface area contributed by atoms with Crippen LogP contribution in [0, 0.1) is 0 Å². The first-order valence-electron chi connectivity index (χ1n) is 8.01. The number of rotatable bonds is 2. The topological polar surface area (TPSA) is 98.4 Å². The predicted octanol–water partition coefficient (Wildman–Crippen LogP) is 2.38. The van der Waals surface area contributed by atoms with Crippen LogP contribution in [0.25, 0.3) is 16.2 Å². The van der Waals surface area contributed by atoms with Gasteiger partial charge < -0.3 is 16.4 Å². The molecule has 1 aliphatic heterocycles. The van der Waals surface area contributed by atoms with Gasteiger partial charge in [-0.2, -0.15) is 13.2 Å². The molecule has 0 unspecified atom stereocenters. The molecule has 138 valence electrons. The molecule has 0 amide bonds. The summed E-state index contributed by atoms with van der Waals surface area (Å²) in [5.74, 6) is -0.550. The molecule has 0 radical (unpaired) electrons. The summed E-state index contributed by atoms with van der Waals surface area (Å²) in [5.41, 5.74) is 11.0. The molecule has 4 rings (SSSR count). The van der Waals surface area contributed by atoms with Gasteiger partial charge in [0.1, 0.15) is 5.82 Å². The maximum Gasteiger partial charge on any atom is 0.419 e. The molecule has 4 N–H and O–H groups in total. The molecule has 0 spiro atoms. The molecule has 3 aromatic rings. The number of fused-ring (bicyclic) bond motifs is 1. The molecule has 1 aliphatic rings. The Morgan fingerprint density at radius 2 is 1.88 bits per heavy atom. The van der Waals surface area contributed by atoms with E-state index in [1.807, 2.05) is 0 Å². The fourth-order valence-electron chi connectivity index (χ4n) is 2.94. The first-order chi connectivity index (χ1) is 12.3. The molecule has 1 saturated heterocycles.